The fraction of sp³-hybridized carbons (Fsp3) is 0.625. The molecule has 18 heavy (non-hydrogen) atoms. The Labute approximate surface area is 111 Å². The number of nitrogens with zero attached hydrogens (tertiary/aromatic N) is 1. The van der Waals surface area contributed by atoms with Crippen LogP contribution >= 0.6 is 0 Å². The summed E-state index contributed by atoms with van der Waals surface area (Å²) in [4.78, 5) is 6.00. The van der Waals surface area contributed by atoms with Gasteiger partial charge in [0.25, 0.3) is 0 Å². The van der Waals surface area contributed by atoms with Crippen molar-refractivity contribution in [3.05, 3.63) is 36.3 Å². The van der Waals surface area contributed by atoms with Crippen molar-refractivity contribution >= 4 is 0 Å². The monoisotopic (exact) mass is 246 g/mol. The summed E-state index contributed by atoms with van der Waals surface area (Å²) < 4.78 is 0. The summed E-state index contributed by atoms with van der Waals surface area (Å²) in [6, 6.07) is 4.37. The van der Waals surface area contributed by atoms with Crippen LogP contribution < -0.4 is 0 Å². The molecule has 0 aliphatic carbocycles. The molecular formula is C16H26N2. The van der Waals surface area contributed by atoms with Crippen LogP contribution in [0.4, 0.5) is 0 Å². The number of nitrogens with one attached hydrogen (secondary N) is 1. The molecule has 0 aromatic carbocycles. The van der Waals surface area contributed by atoms with Gasteiger partial charge in [0.05, 0.1) is 5.54 Å². The zero-order chi connectivity index (χ0) is 13.2. The van der Waals surface area contributed by atoms with Crippen molar-refractivity contribution in [1.82, 2.24) is 9.88 Å². The molecule has 0 bridgehead atoms. The number of aromatic nitrogens is 1. The van der Waals surface area contributed by atoms with Crippen LogP contribution in [-0.2, 0) is 5.54 Å². The number of H-pyrrole nitrogens is 1. The van der Waals surface area contributed by atoms with Gasteiger partial charge in [0.2, 0.25) is 0 Å². The van der Waals surface area contributed by atoms with Gasteiger partial charge in [0.1, 0.15) is 0 Å². The minimum atomic E-state index is 0.106. The Morgan fingerprint density at radius 3 is 2.28 bits per heavy atom. The Bertz CT molecular complexity index is 401. The molecule has 0 saturated carbocycles. The van der Waals surface area contributed by atoms with E-state index in [1.165, 1.54) is 18.5 Å². The highest BCUT2D eigenvalue weighted by Gasteiger charge is 2.54. The molecule has 2 rings (SSSR count). The molecule has 1 N–H and O–H groups in total. The highest BCUT2D eigenvalue weighted by atomic mass is 15.2. The lowest BCUT2D eigenvalue weighted by Crippen LogP contribution is -2.51. The maximum atomic E-state index is 3.48. The largest absolute Gasteiger partial charge is 0.366 e. The highest BCUT2D eigenvalue weighted by Crippen LogP contribution is 2.55. The second-order valence-corrected chi connectivity index (χ2v) is 5.26. The molecule has 1 atom stereocenters. The first-order valence-corrected chi connectivity index (χ1v) is 7.30. The average Bonchev–Trinajstić information content (AvgIpc) is 3.04. The second kappa shape index (κ2) is 4.83. The fourth-order valence-corrected chi connectivity index (χ4v) is 3.99. The van der Waals surface area contributed by atoms with E-state index >= 15 is 0 Å². The van der Waals surface area contributed by atoms with E-state index in [-0.39, 0.29) is 11.0 Å². The molecule has 0 fully saturated rings. The van der Waals surface area contributed by atoms with Crippen molar-refractivity contribution < 1.29 is 0 Å². The molecule has 2 heterocycles. The van der Waals surface area contributed by atoms with Crippen molar-refractivity contribution in [3.63, 3.8) is 0 Å². The van der Waals surface area contributed by atoms with Crippen LogP contribution in [0, 0.1) is 5.41 Å². The average molecular weight is 246 g/mol. The molecule has 2 heteroatoms. The third kappa shape index (κ3) is 1.47. The summed E-state index contributed by atoms with van der Waals surface area (Å²) in [6.45, 7) is 10.3. The molecule has 0 spiro atoms. The van der Waals surface area contributed by atoms with E-state index < -0.39 is 0 Å². The van der Waals surface area contributed by atoms with Gasteiger partial charge >= 0.3 is 0 Å². The predicted molar refractivity (Wildman–Crippen MR) is 77.3 cm³/mol. The lowest BCUT2D eigenvalue weighted by Gasteiger charge is -2.49. The lowest BCUT2D eigenvalue weighted by molar-refractivity contribution is 0.0339. The Balaban J connectivity index is 2.59. The van der Waals surface area contributed by atoms with Crippen molar-refractivity contribution in [2.45, 2.75) is 52.5 Å². The number of hydrogen-bond acceptors (Lipinski definition) is 1. The standard InChI is InChI=1S/C16H26N2/c1-5-15(6-2)11-13-18(8-4)16(15,7-3)14-10-9-12-17-14/h9-13,17H,5-8H2,1-4H3. The van der Waals surface area contributed by atoms with Gasteiger partial charge in [-0.25, -0.2) is 0 Å². The molecule has 1 aromatic rings. The minimum absolute atomic E-state index is 0.106. The Kier molecular flexibility index (Phi) is 3.56. The molecule has 1 aliphatic heterocycles. The third-order valence-corrected chi connectivity index (χ3v) is 5.05. The number of aromatic amines is 1. The van der Waals surface area contributed by atoms with Gasteiger partial charge in [-0.1, -0.05) is 26.8 Å². The molecular weight excluding hydrogens is 220 g/mol. The van der Waals surface area contributed by atoms with Gasteiger partial charge in [-0.2, -0.15) is 0 Å². The normalized spacial score (nSPS) is 25.9. The van der Waals surface area contributed by atoms with E-state index in [0.29, 0.717) is 0 Å². The fourth-order valence-electron chi connectivity index (χ4n) is 3.99. The molecule has 100 valence electrons. The number of rotatable bonds is 5. The van der Waals surface area contributed by atoms with Crippen LogP contribution in [-0.4, -0.2) is 16.4 Å². The van der Waals surface area contributed by atoms with E-state index in [1.807, 2.05) is 0 Å². The van der Waals surface area contributed by atoms with E-state index in [1.54, 1.807) is 0 Å². The Morgan fingerprint density at radius 1 is 1.11 bits per heavy atom. The van der Waals surface area contributed by atoms with Gasteiger partial charge in [0, 0.05) is 23.9 Å². The quantitative estimate of drug-likeness (QED) is 0.821. The van der Waals surface area contributed by atoms with E-state index in [9.17, 15) is 0 Å². The van der Waals surface area contributed by atoms with E-state index in [4.69, 9.17) is 0 Å². The van der Waals surface area contributed by atoms with Crippen molar-refractivity contribution in [2.75, 3.05) is 6.54 Å². The molecule has 0 saturated heterocycles. The van der Waals surface area contributed by atoms with Gasteiger partial charge < -0.3 is 9.88 Å². The molecule has 1 aliphatic rings. The minimum Gasteiger partial charge on any atom is -0.366 e. The molecule has 0 amide bonds. The second-order valence-electron chi connectivity index (χ2n) is 5.26. The summed E-state index contributed by atoms with van der Waals surface area (Å²) in [5.41, 5.74) is 1.72. The van der Waals surface area contributed by atoms with Gasteiger partial charge in [-0.15, -0.1) is 0 Å². The molecule has 1 aromatic heterocycles. The van der Waals surface area contributed by atoms with Crippen molar-refractivity contribution in [3.8, 4) is 0 Å². The SMILES string of the molecule is CCN1C=CC(CC)(CC)C1(CC)c1ccc[nH]1. The lowest BCUT2D eigenvalue weighted by atomic mass is 9.64. The first-order valence-electron chi connectivity index (χ1n) is 7.30. The maximum Gasteiger partial charge on any atom is 0.0883 e. The summed E-state index contributed by atoms with van der Waals surface area (Å²) in [5, 5.41) is 0. The zero-order valence-corrected chi connectivity index (χ0v) is 12.2. The third-order valence-electron chi connectivity index (χ3n) is 5.05. The van der Waals surface area contributed by atoms with Gasteiger partial charge in [0.15, 0.2) is 0 Å². The Hall–Kier alpha value is -1.18. The predicted octanol–water partition coefficient (Wildman–Crippen LogP) is 4.28. The number of hydrogen-bond donors (Lipinski definition) is 1. The van der Waals surface area contributed by atoms with Crippen LogP contribution in [0.2, 0.25) is 0 Å². The zero-order valence-electron chi connectivity index (χ0n) is 12.2. The maximum absolute atomic E-state index is 3.48. The first-order chi connectivity index (χ1) is 8.70. The van der Waals surface area contributed by atoms with Crippen molar-refractivity contribution in [1.29, 1.82) is 0 Å². The summed E-state index contributed by atoms with van der Waals surface area (Å²) in [6.07, 6.45) is 10.3. The topological polar surface area (TPSA) is 19.0 Å². The van der Waals surface area contributed by atoms with E-state index in [2.05, 4.69) is 68.2 Å². The van der Waals surface area contributed by atoms with Crippen LogP contribution in [0.5, 0.6) is 0 Å². The van der Waals surface area contributed by atoms with Crippen LogP contribution in [0.25, 0.3) is 0 Å². The van der Waals surface area contributed by atoms with Crippen LogP contribution in [0.1, 0.15) is 52.7 Å². The smallest absolute Gasteiger partial charge is 0.0883 e. The molecule has 0 radical (unpaired) electrons. The van der Waals surface area contributed by atoms with Gasteiger partial charge in [-0.05, 0) is 44.5 Å². The van der Waals surface area contributed by atoms with E-state index in [0.717, 1.165) is 13.0 Å². The van der Waals surface area contributed by atoms with Crippen LogP contribution in [0.15, 0.2) is 30.6 Å². The summed E-state index contributed by atoms with van der Waals surface area (Å²) >= 11 is 0. The highest BCUT2D eigenvalue weighted by molar-refractivity contribution is 5.31. The first kappa shape index (κ1) is 13.3. The molecule has 2 nitrogen and oxygen atoms in total. The van der Waals surface area contributed by atoms with Gasteiger partial charge in [-0.3, -0.25) is 0 Å². The van der Waals surface area contributed by atoms with Crippen LogP contribution in [0.3, 0.4) is 0 Å². The summed E-state index contributed by atoms with van der Waals surface area (Å²) in [7, 11) is 0. The van der Waals surface area contributed by atoms with Crippen molar-refractivity contribution in [2.24, 2.45) is 5.41 Å². The summed E-state index contributed by atoms with van der Waals surface area (Å²) in [5.74, 6) is 0. The Morgan fingerprint density at radius 2 is 1.83 bits per heavy atom. The molecule has 1 unspecified atom stereocenters.